The molecule has 7 heteroatoms. The highest BCUT2D eigenvalue weighted by atomic mass is 32.2. The second kappa shape index (κ2) is 7.64. The Morgan fingerprint density at radius 2 is 2.15 bits per heavy atom. The van der Waals surface area contributed by atoms with Crippen molar-refractivity contribution in [1.29, 1.82) is 0 Å². The van der Waals surface area contributed by atoms with Gasteiger partial charge in [0.2, 0.25) is 0 Å². The Balaban J connectivity index is 2.81. The number of hydrogen-bond donors (Lipinski definition) is 3. The van der Waals surface area contributed by atoms with Crippen LogP contribution in [0.5, 0.6) is 5.75 Å². The first kappa shape index (κ1) is 16.2. The number of aromatic carboxylic acids is 1. The number of carbonyl (C=O) groups excluding carboxylic acids is 1. The number of carboxylic acid groups (broad SMARTS) is 1. The van der Waals surface area contributed by atoms with Crippen LogP contribution in [0.4, 0.5) is 10.5 Å². The molecule has 1 rings (SSSR count). The highest BCUT2D eigenvalue weighted by molar-refractivity contribution is 7.98. The summed E-state index contributed by atoms with van der Waals surface area (Å²) in [5.74, 6) is 0.134. The number of hydrogen-bond acceptors (Lipinski definition) is 4. The van der Waals surface area contributed by atoms with Crippen molar-refractivity contribution in [1.82, 2.24) is 5.32 Å². The molecular weight excluding hydrogens is 280 g/mol. The summed E-state index contributed by atoms with van der Waals surface area (Å²) in [5.41, 5.74) is 0.402. The molecular formula is C13H18N2O4S. The predicted octanol–water partition coefficient (Wildman–Crippen LogP) is 2.27. The van der Waals surface area contributed by atoms with Gasteiger partial charge in [-0.15, -0.1) is 0 Å². The largest absolute Gasteiger partial charge is 0.495 e. The van der Waals surface area contributed by atoms with Gasteiger partial charge in [-0.1, -0.05) is 0 Å². The van der Waals surface area contributed by atoms with Gasteiger partial charge >= 0.3 is 12.0 Å². The van der Waals surface area contributed by atoms with Crippen LogP contribution in [0.1, 0.15) is 17.3 Å². The van der Waals surface area contributed by atoms with Crippen molar-refractivity contribution in [3.05, 3.63) is 23.8 Å². The minimum absolute atomic E-state index is 0.0126. The fourth-order valence-electron chi connectivity index (χ4n) is 1.61. The molecule has 0 saturated heterocycles. The van der Waals surface area contributed by atoms with Gasteiger partial charge in [0, 0.05) is 11.8 Å². The normalized spacial score (nSPS) is 11.6. The van der Waals surface area contributed by atoms with E-state index in [1.165, 1.54) is 25.3 Å². The lowest BCUT2D eigenvalue weighted by atomic mass is 10.2. The maximum Gasteiger partial charge on any atom is 0.335 e. The SMILES string of the molecule is COc1ccc(C(=O)O)cc1NC(=O)NC(C)CSC. The van der Waals surface area contributed by atoms with Crippen LogP contribution in [0.25, 0.3) is 0 Å². The monoisotopic (exact) mass is 298 g/mol. The molecule has 2 amide bonds. The van der Waals surface area contributed by atoms with Crippen molar-refractivity contribution in [2.24, 2.45) is 0 Å². The Kier molecular flexibility index (Phi) is 6.17. The van der Waals surface area contributed by atoms with E-state index in [1.54, 1.807) is 11.8 Å². The number of carbonyl (C=O) groups is 2. The van der Waals surface area contributed by atoms with Gasteiger partial charge < -0.3 is 20.5 Å². The van der Waals surface area contributed by atoms with Crippen molar-refractivity contribution < 1.29 is 19.4 Å². The van der Waals surface area contributed by atoms with Crippen LogP contribution in [0.15, 0.2) is 18.2 Å². The molecule has 1 atom stereocenters. The number of amides is 2. The molecule has 3 N–H and O–H groups in total. The van der Waals surface area contributed by atoms with Crippen molar-refractivity contribution >= 4 is 29.4 Å². The number of benzene rings is 1. The Morgan fingerprint density at radius 3 is 2.70 bits per heavy atom. The van der Waals surface area contributed by atoms with E-state index in [4.69, 9.17) is 9.84 Å². The quantitative estimate of drug-likeness (QED) is 0.750. The number of nitrogens with one attached hydrogen (secondary N) is 2. The summed E-state index contributed by atoms with van der Waals surface area (Å²) in [7, 11) is 1.45. The summed E-state index contributed by atoms with van der Waals surface area (Å²) in [6, 6.07) is 3.90. The lowest BCUT2D eigenvalue weighted by Gasteiger charge is -2.15. The van der Waals surface area contributed by atoms with Crippen LogP contribution in [0.2, 0.25) is 0 Å². The standard InChI is InChI=1S/C13H18N2O4S/c1-8(7-20-3)14-13(18)15-10-6-9(12(16)17)4-5-11(10)19-2/h4-6,8H,7H2,1-3H3,(H,16,17)(H2,14,15,18). The summed E-state index contributed by atoms with van der Waals surface area (Å²) in [5, 5.41) is 14.3. The first-order chi connectivity index (χ1) is 9.47. The smallest absolute Gasteiger partial charge is 0.335 e. The van der Waals surface area contributed by atoms with E-state index in [0.29, 0.717) is 11.4 Å². The number of methoxy groups -OCH3 is 1. The van der Waals surface area contributed by atoms with Crippen LogP contribution in [-0.4, -0.2) is 42.3 Å². The van der Waals surface area contributed by atoms with E-state index in [2.05, 4.69) is 10.6 Å². The van der Waals surface area contributed by atoms with E-state index in [9.17, 15) is 9.59 Å². The Bertz CT molecular complexity index is 493. The lowest BCUT2D eigenvalue weighted by Crippen LogP contribution is -2.37. The number of anilines is 1. The highest BCUT2D eigenvalue weighted by Crippen LogP contribution is 2.25. The second-order valence-corrected chi connectivity index (χ2v) is 5.09. The van der Waals surface area contributed by atoms with E-state index < -0.39 is 12.0 Å². The molecule has 6 nitrogen and oxygen atoms in total. The summed E-state index contributed by atoms with van der Waals surface area (Å²) in [4.78, 5) is 22.7. The Labute approximate surface area is 121 Å². The third-order valence-corrected chi connectivity index (χ3v) is 3.32. The van der Waals surface area contributed by atoms with Gasteiger partial charge in [0.25, 0.3) is 0 Å². The molecule has 0 saturated carbocycles. The molecule has 1 aromatic rings. The minimum atomic E-state index is -1.06. The topological polar surface area (TPSA) is 87.7 Å². The molecule has 0 aliphatic heterocycles. The Morgan fingerprint density at radius 1 is 1.45 bits per heavy atom. The zero-order valence-corrected chi connectivity index (χ0v) is 12.4. The molecule has 0 heterocycles. The maximum atomic E-state index is 11.8. The average molecular weight is 298 g/mol. The van der Waals surface area contributed by atoms with Crippen molar-refractivity contribution in [3.63, 3.8) is 0 Å². The summed E-state index contributed by atoms with van der Waals surface area (Å²) in [6.07, 6.45) is 1.95. The number of ether oxygens (including phenoxy) is 1. The van der Waals surface area contributed by atoms with Gasteiger partial charge in [0.1, 0.15) is 5.75 Å². The second-order valence-electron chi connectivity index (χ2n) is 4.18. The molecule has 20 heavy (non-hydrogen) atoms. The number of carboxylic acids is 1. The van der Waals surface area contributed by atoms with Gasteiger partial charge in [0.15, 0.2) is 0 Å². The van der Waals surface area contributed by atoms with Crippen LogP contribution in [0.3, 0.4) is 0 Å². The minimum Gasteiger partial charge on any atom is -0.495 e. The highest BCUT2D eigenvalue weighted by Gasteiger charge is 2.12. The van der Waals surface area contributed by atoms with E-state index in [-0.39, 0.29) is 11.6 Å². The zero-order valence-electron chi connectivity index (χ0n) is 11.6. The summed E-state index contributed by atoms with van der Waals surface area (Å²) >= 11 is 1.63. The maximum absolute atomic E-state index is 11.8. The fraction of sp³-hybridized carbons (Fsp3) is 0.385. The first-order valence-corrected chi connectivity index (χ1v) is 7.35. The van der Waals surface area contributed by atoms with Crippen LogP contribution in [-0.2, 0) is 0 Å². The van der Waals surface area contributed by atoms with Gasteiger partial charge in [-0.25, -0.2) is 9.59 Å². The molecule has 110 valence electrons. The van der Waals surface area contributed by atoms with Gasteiger partial charge in [-0.3, -0.25) is 0 Å². The fourth-order valence-corrected chi connectivity index (χ4v) is 2.20. The van der Waals surface area contributed by atoms with Crippen molar-refractivity contribution in [2.45, 2.75) is 13.0 Å². The number of urea groups is 1. The van der Waals surface area contributed by atoms with Crippen LogP contribution in [0, 0.1) is 0 Å². The van der Waals surface area contributed by atoms with Crippen molar-refractivity contribution in [3.8, 4) is 5.75 Å². The number of rotatable bonds is 6. The van der Waals surface area contributed by atoms with Crippen LogP contribution >= 0.6 is 11.8 Å². The molecule has 0 aromatic heterocycles. The first-order valence-electron chi connectivity index (χ1n) is 5.95. The average Bonchev–Trinajstić information content (AvgIpc) is 2.38. The summed E-state index contributed by atoms with van der Waals surface area (Å²) < 4.78 is 5.09. The molecule has 1 unspecified atom stereocenters. The van der Waals surface area contributed by atoms with E-state index in [0.717, 1.165) is 5.75 Å². The van der Waals surface area contributed by atoms with Crippen LogP contribution < -0.4 is 15.4 Å². The molecule has 0 bridgehead atoms. The van der Waals surface area contributed by atoms with Gasteiger partial charge in [-0.2, -0.15) is 11.8 Å². The lowest BCUT2D eigenvalue weighted by molar-refractivity contribution is 0.0697. The molecule has 0 aliphatic rings. The molecule has 0 fully saturated rings. The number of thioether (sulfide) groups is 1. The van der Waals surface area contributed by atoms with Gasteiger partial charge in [0.05, 0.1) is 18.4 Å². The zero-order chi connectivity index (χ0) is 15.1. The molecule has 0 spiro atoms. The predicted molar refractivity (Wildman–Crippen MR) is 80.0 cm³/mol. The van der Waals surface area contributed by atoms with E-state index >= 15 is 0 Å². The van der Waals surface area contributed by atoms with Gasteiger partial charge in [-0.05, 0) is 31.4 Å². The Hall–Kier alpha value is -1.89. The summed E-state index contributed by atoms with van der Waals surface area (Å²) in [6.45, 7) is 1.89. The van der Waals surface area contributed by atoms with Crippen molar-refractivity contribution in [2.75, 3.05) is 24.4 Å². The third-order valence-electron chi connectivity index (χ3n) is 2.49. The third kappa shape index (κ3) is 4.65. The van der Waals surface area contributed by atoms with E-state index in [1.807, 2.05) is 13.2 Å². The molecule has 0 aliphatic carbocycles. The molecule has 1 aromatic carbocycles. The molecule has 0 radical (unpaired) electrons.